The zero-order valence-corrected chi connectivity index (χ0v) is 15.0. The van der Waals surface area contributed by atoms with E-state index < -0.39 is 15.6 Å². The monoisotopic (exact) mass is 337 g/mol. The Morgan fingerprint density at radius 2 is 1.96 bits per heavy atom. The molecule has 7 heteroatoms. The van der Waals surface area contributed by atoms with Gasteiger partial charge < -0.3 is 10.2 Å². The largest absolute Gasteiger partial charge is 0.347 e. The molecule has 1 aromatic rings. The van der Waals surface area contributed by atoms with E-state index in [1.807, 2.05) is 32.6 Å². The summed E-state index contributed by atoms with van der Waals surface area (Å²) in [5.74, 6) is 0.148. The molecule has 1 N–H and O–H groups in total. The number of nitrogens with zero attached hydrogens (tertiary/aromatic N) is 2. The van der Waals surface area contributed by atoms with Crippen LogP contribution in [0.25, 0.3) is 0 Å². The van der Waals surface area contributed by atoms with E-state index in [1.54, 1.807) is 19.1 Å². The van der Waals surface area contributed by atoms with E-state index in [-0.39, 0.29) is 10.8 Å². The van der Waals surface area contributed by atoms with Crippen molar-refractivity contribution >= 4 is 27.5 Å². The minimum atomic E-state index is -3.78. The maximum absolute atomic E-state index is 12.3. The summed E-state index contributed by atoms with van der Waals surface area (Å²) in [4.78, 5) is 14.2. The Morgan fingerprint density at radius 1 is 1.30 bits per heavy atom. The molecule has 0 spiro atoms. The molecular weight excluding hydrogens is 314 g/mol. The van der Waals surface area contributed by atoms with Crippen LogP contribution in [0.4, 0.5) is 5.69 Å². The summed E-state index contributed by atoms with van der Waals surface area (Å²) in [5, 5.41) is 2.83. The lowest BCUT2D eigenvalue weighted by atomic mass is 10.1. The van der Waals surface area contributed by atoms with E-state index in [9.17, 15) is 13.2 Å². The number of carbonyl (C=O) groups excluding carboxylic acids is 1. The van der Waals surface area contributed by atoms with Crippen LogP contribution in [0, 0.1) is 0 Å². The number of anilines is 1. The minimum Gasteiger partial charge on any atom is -0.347 e. The van der Waals surface area contributed by atoms with Gasteiger partial charge in [0.05, 0.1) is 5.69 Å². The maximum Gasteiger partial charge on any atom is 0.286 e. The molecule has 0 saturated heterocycles. The zero-order chi connectivity index (χ0) is 17.4. The smallest absolute Gasteiger partial charge is 0.286 e. The number of hydrogen-bond acceptors (Lipinski definition) is 4. The summed E-state index contributed by atoms with van der Waals surface area (Å²) in [6.45, 7) is 9.98. The number of amides is 1. The van der Waals surface area contributed by atoms with Crippen molar-refractivity contribution in [2.45, 2.75) is 51.5 Å². The molecule has 0 fully saturated rings. The summed E-state index contributed by atoms with van der Waals surface area (Å²) in [6, 6.07) is 4.74. The second-order valence-corrected chi connectivity index (χ2v) is 8.22. The Bertz CT molecular complexity index is 761. The first-order valence-corrected chi connectivity index (χ1v) is 9.05. The highest BCUT2D eigenvalue weighted by Gasteiger charge is 2.29. The summed E-state index contributed by atoms with van der Waals surface area (Å²) >= 11 is 0. The zero-order valence-electron chi connectivity index (χ0n) is 14.2. The molecule has 0 bridgehead atoms. The standard InChI is InChI=1S/C16H23N3O3S/c1-6-9-19-11(2)18-23(21,22)14-10-12(7-8-13(14)19)15(20)17-16(3,4)5/h7-8,10H,6,9H2,1-5H3,(H,17,20). The van der Waals surface area contributed by atoms with Crippen molar-refractivity contribution < 1.29 is 13.2 Å². The van der Waals surface area contributed by atoms with E-state index in [0.717, 1.165) is 6.42 Å². The fourth-order valence-corrected chi connectivity index (χ4v) is 3.71. The highest BCUT2D eigenvalue weighted by molar-refractivity contribution is 7.90. The Labute approximate surface area is 137 Å². The number of amidine groups is 1. The van der Waals surface area contributed by atoms with Crippen molar-refractivity contribution in [2.75, 3.05) is 11.4 Å². The Kier molecular flexibility index (Phi) is 4.52. The average Bonchev–Trinajstić information content (AvgIpc) is 2.40. The molecule has 2 rings (SSSR count). The van der Waals surface area contributed by atoms with Gasteiger partial charge in [0.2, 0.25) is 0 Å². The van der Waals surface area contributed by atoms with Gasteiger partial charge in [-0.3, -0.25) is 4.79 Å². The molecule has 1 heterocycles. The van der Waals surface area contributed by atoms with Crippen molar-refractivity contribution in [3.8, 4) is 0 Å². The molecular formula is C16H23N3O3S. The number of fused-ring (bicyclic) bond motifs is 1. The van der Waals surface area contributed by atoms with Gasteiger partial charge in [-0.1, -0.05) is 6.92 Å². The normalized spacial score (nSPS) is 16.6. The van der Waals surface area contributed by atoms with Crippen LogP contribution in [0.2, 0.25) is 0 Å². The van der Waals surface area contributed by atoms with Crippen LogP contribution in [0.5, 0.6) is 0 Å². The molecule has 0 unspecified atom stereocenters. The SMILES string of the molecule is CCCN1C(C)=NS(=O)(=O)c2cc(C(=O)NC(C)(C)C)ccc21. The van der Waals surface area contributed by atoms with Crippen molar-refractivity contribution in [1.82, 2.24) is 5.32 Å². The predicted octanol–water partition coefficient (Wildman–Crippen LogP) is 2.55. The highest BCUT2D eigenvalue weighted by atomic mass is 32.2. The van der Waals surface area contributed by atoms with E-state index in [4.69, 9.17) is 0 Å². The quantitative estimate of drug-likeness (QED) is 0.919. The Balaban J connectivity index is 2.50. The topological polar surface area (TPSA) is 78.8 Å². The molecule has 23 heavy (non-hydrogen) atoms. The van der Waals surface area contributed by atoms with Gasteiger partial charge in [0, 0.05) is 17.6 Å². The van der Waals surface area contributed by atoms with Crippen LogP contribution >= 0.6 is 0 Å². The predicted molar refractivity (Wildman–Crippen MR) is 91.6 cm³/mol. The molecule has 1 amide bonds. The number of nitrogens with one attached hydrogen (secondary N) is 1. The number of sulfonamides is 1. The van der Waals surface area contributed by atoms with E-state index in [1.165, 1.54) is 6.07 Å². The summed E-state index contributed by atoms with van der Waals surface area (Å²) in [6.07, 6.45) is 0.860. The van der Waals surface area contributed by atoms with Crippen LogP contribution in [0.3, 0.4) is 0 Å². The van der Waals surface area contributed by atoms with Gasteiger partial charge >= 0.3 is 0 Å². The lowest BCUT2D eigenvalue weighted by molar-refractivity contribution is 0.0919. The van der Waals surface area contributed by atoms with Gasteiger partial charge in [0.15, 0.2) is 0 Å². The number of carbonyl (C=O) groups is 1. The second kappa shape index (κ2) is 5.96. The summed E-state index contributed by atoms with van der Waals surface area (Å²) < 4.78 is 28.5. The second-order valence-electron chi connectivity index (χ2n) is 6.65. The average molecular weight is 337 g/mol. The molecule has 0 saturated carbocycles. The van der Waals surface area contributed by atoms with Crippen LogP contribution in [0.1, 0.15) is 51.4 Å². The minimum absolute atomic E-state index is 0.0816. The molecule has 1 aliphatic heterocycles. The van der Waals surface area contributed by atoms with Crippen LogP contribution in [0.15, 0.2) is 27.5 Å². The Hall–Kier alpha value is -1.89. The van der Waals surface area contributed by atoms with Gasteiger partial charge in [-0.15, -0.1) is 4.40 Å². The maximum atomic E-state index is 12.3. The highest BCUT2D eigenvalue weighted by Crippen LogP contribution is 2.32. The number of rotatable bonds is 3. The van der Waals surface area contributed by atoms with Gasteiger partial charge in [0.1, 0.15) is 10.7 Å². The molecule has 0 aliphatic carbocycles. The molecule has 1 aromatic carbocycles. The number of benzene rings is 1. The number of hydrogen-bond donors (Lipinski definition) is 1. The van der Waals surface area contributed by atoms with E-state index >= 15 is 0 Å². The molecule has 126 valence electrons. The van der Waals surface area contributed by atoms with Gasteiger partial charge in [-0.05, 0) is 52.3 Å². The molecule has 0 atom stereocenters. The van der Waals surface area contributed by atoms with Gasteiger partial charge in [-0.25, -0.2) is 0 Å². The van der Waals surface area contributed by atoms with Gasteiger partial charge in [-0.2, -0.15) is 8.42 Å². The van der Waals surface area contributed by atoms with E-state index in [0.29, 0.717) is 23.6 Å². The third kappa shape index (κ3) is 3.72. The van der Waals surface area contributed by atoms with Crippen LogP contribution < -0.4 is 10.2 Å². The lowest BCUT2D eigenvalue weighted by Gasteiger charge is -2.29. The van der Waals surface area contributed by atoms with Crippen molar-refractivity contribution in [3.05, 3.63) is 23.8 Å². The van der Waals surface area contributed by atoms with Crippen LogP contribution in [-0.2, 0) is 10.0 Å². The van der Waals surface area contributed by atoms with Crippen LogP contribution in [-0.4, -0.2) is 32.2 Å². The fraction of sp³-hybridized carbons (Fsp3) is 0.500. The Morgan fingerprint density at radius 3 is 2.52 bits per heavy atom. The first-order chi connectivity index (χ1) is 10.5. The summed E-state index contributed by atoms with van der Waals surface area (Å²) in [7, 11) is -3.78. The van der Waals surface area contributed by atoms with Crippen molar-refractivity contribution in [3.63, 3.8) is 0 Å². The molecule has 6 nitrogen and oxygen atoms in total. The lowest BCUT2D eigenvalue weighted by Crippen LogP contribution is -2.40. The summed E-state index contributed by atoms with van der Waals surface area (Å²) in [5.41, 5.74) is 0.495. The first kappa shape index (κ1) is 17.5. The third-order valence-electron chi connectivity index (χ3n) is 3.37. The third-order valence-corrected chi connectivity index (χ3v) is 4.76. The van der Waals surface area contributed by atoms with E-state index in [2.05, 4.69) is 9.71 Å². The first-order valence-electron chi connectivity index (χ1n) is 7.61. The fourth-order valence-electron chi connectivity index (χ4n) is 2.45. The molecule has 0 radical (unpaired) electrons. The van der Waals surface area contributed by atoms with Gasteiger partial charge in [0.25, 0.3) is 15.9 Å². The molecule has 1 aliphatic rings. The van der Waals surface area contributed by atoms with Crippen molar-refractivity contribution in [2.24, 2.45) is 4.40 Å². The van der Waals surface area contributed by atoms with Crippen molar-refractivity contribution in [1.29, 1.82) is 0 Å². The molecule has 0 aromatic heterocycles.